The number of rotatable bonds is 4. The van der Waals surface area contributed by atoms with Crippen LogP contribution < -0.4 is 0 Å². The third kappa shape index (κ3) is 2.93. The van der Waals surface area contributed by atoms with Crippen molar-refractivity contribution in [2.24, 2.45) is 0 Å². The fraction of sp³-hybridized carbons (Fsp3) is 0.529. The van der Waals surface area contributed by atoms with Crippen molar-refractivity contribution in [1.82, 2.24) is 14.8 Å². The summed E-state index contributed by atoms with van der Waals surface area (Å²) >= 11 is 1.47. The molecule has 3 rings (SSSR count). The summed E-state index contributed by atoms with van der Waals surface area (Å²) in [6.07, 6.45) is 5.05. The van der Waals surface area contributed by atoms with Gasteiger partial charge in [-0.15, -0.1) is 21.5 Å². The van der Waals surface area contributed by atoms with Gasteiger partial charge in [-0.05, 0) is 37.8 Å². The van der Waals surface area contributed by atoms with Crippen LogP contribution in [0.2, 0.25) is 0 Å². The third-order valence-electron chi connectivity index (χ3n) is 4.43. The molecule has 0 aliphatic carbocycles. The van der Waals surface area contributed by atoms with Gasteiger partial charge in [0.25, 0.3) is 0 Å². The molecule has 0 spiro atoms. The smallest absolute Gasteiger partial charge is 0.197 e. The maximum atomic E-state index is 12.8. The Morgan fingerprint density at radius 1 is 1.43 bits per heavy atom. The molecule has 0 saturated heterocycles. The topological polar surface area (TPSA) is 71.6 Å². The lowest BCUT2D eigenvalue weighted by Gasteiger charge is -2.10. The van der Waals surface area contributed by atoms with E-state index in [4.69, 9.17) is 0 Å². The first-order valence-corrected chi connectivity index (χ1v) is 8.92. The number of hydrogen-bond acceptors (Lipinski definition) is 5. The summed E-state index contributed by atoms with van der Waals surface area (Å²) in [7, 11) is 0. The van der Waals surface area contributed by atoms with Crippen LogP contribution >= 0.6 is 11.3 Å². The van der Waals surface area contributed by atoms with E-state index in [2.05, 4.69) is 23.2 Å². The summed E-state index contributed by atoms with van der Waals surface area (Å²) in [6, 6.07) is 4.08. The quantitative estimate of drug-likeness (QED) is 0.806. The Hall–Kier alpha value is -2.00. The number of Topliss-reactive ketones (excluding diaryl/α,β-unsaturated/α-hetero) is 1. The molecule has 0 saturated carbocycles. The number of aromatic nitrogens is 3. The Bertz CT molecular complexity index is 768. The standard InChI is InChI=1S/C17H20N4OS/c1-3-12-9-14(23-11(12)2)16(22)13(10-18)17-20-19-15-7-5-4-6-8-21(15)17/h9,13H,3-8H2,1-2H3/t13-/m1/s1. The van der Waals surface area contributed by atoms with Gasteiger partial charge in [0.2, 0.25) is 0 Å². The van der Waals surface area contributed by atoms with Crippen LogP contribution in [-0.4, -0.2) is 20.5 Å². The minimum Gasteiger partial charge on any atom is -0.313 e. The van der Waals surface area contributed by atoms with Crippen molar-refractivity contribution in [3.8, 4) is 6.07 Å². The van der Waals surface area contributed by atoms with Crippen LogP contribution in [0.3, 0.4) is 0 Å². The highest BCUT2D eigenvalue weighted by Gasteiger charge is 2.30. The van der Waals surface area contributed by atoms with Gasteiger partial charge >= 0.3 is 0 Å². The molecule has 2 aromatic heterocycles. The summed E-state index contributed by atoms with van der Waals surface area (Å²) in [4.78, 5) is 14.6. The van der Waals surface area contributed by atoms with Crippen molar-refractivity contribution in [2.45, 2.75) is 58.4 Å². The minimum absolute atomic E-state index is 0.153. The van der Waals surface area contributed by atoms with Crippen molar-refractivity contribution >= 4 is 17.1 Å². The molecule has 0 radical (unpaired) electrons. The Morgan fingerprint density at radius 2 is 2.26 bits per heavy atom. The van der Waals surface area contributed by atoms with E-state index in [-0.39, 0.29) is 5.78 Å². The van der Waals surface area contributed by atoms with E-state index < -0.39 is 5.92 Å². The lowest BCUT2D eigenvalue weighted by molar-refractivity contribution is 0.0978. The number of carbonyl (C=O) groups is 1. The highest BCUT2D eigenvalue weighted by atomic mass is 32.1. The molecule has 5 nitrogen and oxygen atoms in total. The van der Waals surface area contributed by atoms with Gasteiger partial charge in [-0.2, -0.15) is 5.26 Å². The van der Waals surface area contributed by atoms with Gasteiger partial charge in [-0.25, -0.2) is 0 Å². The average molecular weight is 328 g/mol. The van der Waals surface area contributed by atoms with Crippen LogP contribution in [0.4, 0.5) is 0 Å². The lowest BCUT2D eigenvalue weighted by atomic mass is 10.0. The van der Waals surface area contributed by atoms with Gasteiger partial charge < -0.3 is 4.57 Å². The van der Waals surface area contributed by atoms with Gasteiger partial charge in [0.15, 0.2) is 17.5 Å². The molecular formula is C17H20N4OS. The van der Waals surface area contributed by atoms with Crippen LogP contribution in [0.25, 0.3) is 0 Å². The molecule has 0 N–H and O–H groups in total. The van der Waals surface area contributed by atoms with E-state index in [1.54, 1.807) is 0 Å². The predicted molar refractivity (Wildman–Crippen MR) is 88.7 cm³/mol. The van der Waals surface area contributed by atoms with Crippen LogP contribution in [-0.2, 0) is 19.4 Å². The number of hydrogen-bond donors (Lipinski definition) is 0. The Morgan fingerprint density at radius 3 is 2.96 bits per heavy atom. The van der Waals surface area contributed by atoms with Gasteiger partial charge in [0.1, 0.15) is 5.82 Å². The molecule has 3 heterocycles. The zero-order valence-corrected chi connectivity index (χ0v) is 14.3. The average Bonchev–Trinajstić information content (AvgIpc) is 3.04. The van der Waals surface area contributed by atoms with E-state index >= 15 is 0 Å². The maximum Gasteiger partial charge on any atom is 0.197 e. The molecule has 120 valence electrons. The summed E-state index contributed by atoms with van der Waals surface area (Å²) in [5.74, 6) is 0.400. The van der Waals surface area contributed by atoms with Gasteiger partial charge in [-0.3, -0.25) is 4.79 Å². The van der Waals surface area contributed by atoms with E-state index in [1.165, 1.54) is 16.9 Å². The molecule has 1 aliphatic rings. The number of aryl methyl sites for hydroxylation is 3. The number of fused-ring (bicyclic) bond motifs is 1. The summed E-state index contributed by atoms with van der Waals surface area (Å²) in [6.45, 7) is 4.89. The number of thiophene rings is 1. The van der Waals surface area contributed by atoms with Crippen molar-refractivity contribution < 1.29 is 4.79 Å². The normalized spacial score (nSPS) is 15.5. The SMILES string of the molecule is CCc1cc(C(=O)[C@@H](C#N)c2nnc3n2CCCCC3)sc1C. The fourth-order valence-corrected chi connectivity index (χ4v) is 4.17. The second kappa shape index (κ2) is 6.63. The minimum atomic E-state index is -0.864. The first kappa shape index (κ1) is 15.9. The monoisotopic (exact) mass is 328 g/mol. The predicted octanol–water partition coefficient (Wildman–Crippen LogP) is 3.43. The molecule has 1 atom stereocenters. The van der Waals surface area contributed by atoms with Gasteiger partial charge in [0, 0.05) is 17.8 Å². The third-order valence-corrected chi connectivity index (χ3v) is 5.54. The van der Waals surface area contributed by atoms with Crippen molar-refractivity contribution in [3.05, 3.63) is 33.0 Å². The molecule has 0 fully saturated rings. The first-order valence-electron chi connectivity index (χ1n) is 8.10. The molecule has 0 amide bonds. The van der Waals surface area contributed by atoms with Crippen molar-refractivity contribution in [1.29, 1.82) is 5.26 Å². The van der Waals surface area contributed by atoms with Gasteiger partial charge in [0.05, 0.1) is 10.9 Å². The summed E-state index contributed by atoms with van der Waals surface area (Å²) in [5, 5.41) is 18.0. The zero-order valence-electron chi connectivity index (χ0n) is 13.5. The molecule has 23 heavy (non-hydrogen) atoms. The van der Waals surface area contributed by atoms with E-state index in [0.29, 0.717) is 10.7 Å². The van der Waals surface area contributed by atoms with Crippen molar-refractivity contribution in [3.63, 3.8) is 0 Å². The highest BCUT2D eigenvalue weighted by Crippen LogP contribution is 2.28. The van der Waals surface area contributed by atoms with E-state index in [0.717, 1.165) is 49.4 Å². The van der Waals surface area contributed by atoms with Crippen LogP contribution in [0.1, 0.15) is 63.9 Å². The molecule has 2 aromatic rings. The Balaban J connectivity index is 1.95. The number of carbonyl (C=O) groups excluding carboxylic acids is 1. The first-order chi connectivity index (χ1) is 11.2. The second-order valence-electron chi connectivity index (χ2n) is 5.91. The maximum absolute atomic E-state index is 12.8. The molecular weight excluding hydrogens is 308 g/mol. The number of nitriles is 1. The molecule has 0 bridgehead atoms. The second-order valence-corrected chi connectivity index (χ2v) is 7.17. The number of nitrogens with zero attached hydrogens (tertiary/aromatic N) is 4. The van der Waals surface area contributed by atoms with Crippen LogP contribution in [0.15, 0.2) is 6.07 Å². The molecule has 0 aromatic carbocycles. The Labute approximate surface area is 140 Å². The molecule has 6 heteroatoms. The van der Waals surface area contributed by atoms with E-state index in [1.807, 2.05) is 17.6 Å². The largest absolute Gasteiger partial charge is 0.313 e. The fourth-order valence-electron chi connectivity index (χ4n) is 3.09. The Kier molecular flexibility index (Phi) is 4.58. The summed E-state index contributed by atoms with van der Waals surface area (Å²) in [5.41, 5.74) is 1.18. The van der Waals surface area contributed by atoms with Gasteiger partial charge in [-0.1, -0.05) is 13.3 Å². The zero-order chi connectivity index (χ0) is 16.4. The van der Waals surface area contributed by atoms with Crippen LogP contribution in [0.5, 0.6) is 0 Å². The molecule has 1 aliphatic heterocycles. The van der Waals surface area contributed by atoms with E-state index in [9.17, 15) is 10.1 Å². The number of ketones is 1. The van der Waals surface area contributed by atoms with Crippen molar-refractivity contribution in [2.75, 3.05) is 0 Å². The molecule has 0 unspecified atom stereocenters. The lowest BCUT2D eigenvalue weighted by Crippen LogP contribution is -2.17. The summed E-state index contributed by atoms with van der Waals surface area (Å²) < 4.78 is 1.99. The highest BCUT2D eigenvalue weighted by molar-refractivity contribution is 7.14. The van der Waals surface area contributed by atoms with Crippen LogP contribution in [0, 0.1) is 18.3 Å².